The van der Waals surface area contributed by atoms with Gasteiger partial charge in [-0.15, -0.1) is 0 Å². The molecule has 0 aliphatic rings. The number of nitrogens with one attached hydrogen (secondary N) is 1. The van der Waals surface area contributed by atoms with Crippen molar-refractivity contribution >= 4 is 20.8 Å². The Hall–Kier alpha value is -2.41. The molecule has 2 N–H and O–H groups in total. The summed E-state index contributed by atoms with van der Waals surface area (Å²) in [7, 11) is -2.29. The van der Waals surface area contributed by atoms with Crippen LogP contribution in [0.4, 0.5) is 0 Å². The Morgan fingerprint density at radius 3 is 2.59 bits per heavy atom. The van der Waals surface area contributed by atoms with Gasteiger partial charge in [0.1, 0.15) is 10.6 Å². The van der Waals surface area contributed by atoms with Crippen LogP contribution in [0.15, 0.2) is 65.6 Å². The van der Waals surface area contributed by atoms with Gasteiger partial charge in [-0.2, -0.15) is 0 Å². The number of benzene rings is 3. The van der Waals surface area contributed by atoms with Crippen molar-refractivity contribution in [1.29, 1.82) is 0 Å². The van der Waals surface area contributed by atoms with Crippen LogP contribution in [0.3, 0.4) is 0 Å². The minimum Gasteiger partial charge on any atom is -0.495 e. The van der Waals surface area contributed by atoms with Gasteiger partial charge < -0.3 is 9.84 Å². The summed E-state index contributed by atoms with van der Waals surface area (Å²) < 4.78 is 33.0. The highest BCUT2D eigenvalue weighted by Gasteiger charge is 2.20. The van der Waals surface area contributed by atoms with Gasteiger partial charge in [-0.3, -0.25) is 0 Å². The maximum absolute atomic E-state index is 12.6. The van der Waals surface area contributed by atoms with E-state index in [9.17, 15) is 13.5 Å². The van der Waals surface area contributed by atoms with Crippen LogP contribution in [0.1, 0.15) is 23.7 Å². The molecule has 5 nitrogen and oxygen atoms in total. The van der Waals surface area contributed by atoms with Gasteiger partial charge in [-0.05, 0) is 47.4 Å². The molecule has 1 atom stereocenters. The minimum atomic E-state index is -3.73. The van der Waals surface area contributed by atoms with E-state index in [1.807, 2.05) is 49.4 Å². The first kappa shape index (κ1) is 19.4. The molecule has 0 spiro atoms. The Kier molecular flexibility index (Phi) is 5.79. The molecule has 6 heteroatoms. The van der Waals surface area contributed by atoms with E-state index in [-0.39, 0.29) is 17.9 Å². The second-order valence-corrected chi connectivity index (χ2v) is 8.16. The maximum atomic E-state index is 12.6. The van der Waals surface area contributed by atoms with E-state index in [0.29, 0.717) is 5.75 Å². The molecule has 0 aliphatic carbocycles. The highest BCUT2D eigenvalue weighted by atomic mass is 32.2. The van der Waals surface area contributed by atoms with E-state index >= 15 is 0 Å². The quantitative estimate of drug-likeness (QED) is 0.652. The zero-order chi connectivity index (χ0) is 19.4. The number of hydrogen-bond donors (Lipinski definition) is 2. The summed E-state index contributed by atoms with van der Waals surface area (Å²) in [5.74, 6) is 0.294. The third-order valence-electron chi connectivity index (χ3n) is 4.50. The molecule has 0 aliphatic heterocycles. The molecule has 0 heterocycles. The fraction of sp³-hybridized carbons (Fsp3) is 0.238. The number of aliphatic hydroxyl groups is 1. The second kappa shape index (κ2) is 8.08. The minimum absolute atomic E-state index is 0.102. The summed E-state index contributed by atoms with van der Waals surface area (Å²) in [4.78, 5) is 0.102. The zero-order valence-electron chi connectivity index (χ0n) is 15.3. The lowest BCUT2D eigenvalue weighted by atomic mass is 9.99. The molecule has 3 aromatic rings. The Bertz CT molecular complexity index is 1040. The fourth-order valence-corrected chi connectivity index (χ4v) is 4.40. The molecule has 0 saturated carbocycles. The van der Waals surface area contributed by atoms with Gasteiger partial charge in [0.05, 0.1) is 13.2 Å². The summed E-state index contributed by atoms with van der Waals surface area (Å²) in [5, 5.41) is 12.6. The largest absolute Gasteiger partial charge is 0.495 e. The molecule has 0 saturated heterocycles. The third-order valence-corrected chi connectivity index (χ3v) is 5.98. The molecule has 27 heavy (non-hydrogen) atoms. The summed E-state index contributed by atoms with van der Waals surface area (Å²) in [5.41, 5.74) is 1.62. The first-order chi connectivity index (χ1) is 12.9. The van der Waals surface area contributed by atoms with Gasteiger partial charge in [0, 0.05) is 6.54 Å². The highest BCUT2D eigenvalue weighted by Crippen LogP contribution is 2.27. The number of methoxy groups -OCH3 is 1. The summed E-state index contributed by atoms with van der Waals surface area (Å²) in [6.45, 7) is 1.94. The van der Waals surface area contributed by atoms with E-state index < -0.39 is 16.1 Å². The highest BCUT2D eigenvalue weighted by molar-refractivity contribution is 7.89. The number of hydrogen-bond acceptors (Lipinski definition) is 4. The average molecular weight is 385 g/mol. The fourth-order valence-electron chi connectivity index (χ4n) is 3.10. The van der Waals surface area contributed by atoms with E-state index in [0.717, 1.165) is 21.9 Å². The lowest BCUT2D eigenvalue weighted by molar-refractivity contribution is 0.170. The lowest BCUT2D eigenvalue weighted by Crippen LogP contribution is -2.26. The van der Waals surface area contributed by atoms with Crippen molar-refractivity contribution < 1.29 is 18.3 Å². The van der Waals surface area contributed by atoms with Crippen LogP contribution >= 0.6 is 0 Å². The molecule has 0 bridgehead atoms. The molecule has 0 radical (unpaired) electrons. The summed E-state index contributed by atoms with van der Waals surface area (Å²) >= 11 is 0. The molecule has 1 unspecified atom stereocenters. The van der Waals surface area contributed by atoms with Gasteiger partial charge in [0.2, 0.25) is 10.0 Å². The zero-order valence-corrected chi connectivity index (χ0v) is 16.2. The van der Waals surface area contributed by atoms with E-state index in [2.05, 4.69) is 4.72 Å². The van der Waals surface area contributed by atoms with Crippen LogP contribution < -0.4 is 9.46 Å². The Morgan fingerprint density at radius 1 is 1.07 bits per heavy atom. The van der Waals surface area contributed by atoms with Gasteiger partial charge in [-0.1, -0.05) is 48.5 Å². The standard InChI is InChI=1S/C21H23NO4S/c1-15-10-11-20(26-2)21(14-15)27(24,25)22-13-12-19(23)18-9-5-7-16-6-3-4-8-17(16)18/h3-11,14,19,22-23H,12-13H2,1-2H3. The van der Waals surface area contributed by atoms with E-state index in [4.69, 9.17) is 4.74 Å². The topological polar surface area (TPSA) is 75.6 Å². The SMILES string of the molecule is COc1ccc(C)cc1S(=O)(=O)NCCC(O)c1cccc2ccccc12. The predicted octanol–water partition coefficient (Wildman–Crippen LogP) is 3.56. The average Bonchev–Trinajstić information content (AvgIpc) is 2.67. The molecule has 142 valence electrons. The van der Waals surface area contributed by atoms with Gasteiger partial charge in [-0.25, -0.2) is 13.1 Å². The van der Waals surface area contributed by atoms with Crippen LogP contribution in [0, 0.1) is 6.92 Å². The van der Waals surface area contributed by atoms with Gasteiger partial charge >= 0.3 is 0 Å². The Balaban J connectivity index is 1.73. The van der Waals surface area contributed by atoms with Crippen LogP contribution in [0.5, 0.6) is 5.75 Å². The molecule has 0 fully saturated rings. The van der Waals surface area contributed by atoms with Crippen LogP contribution in [-0.2, 0) is 10.0 Å². The normalized spacial score (nSPS) is 12.9. The Morgan fingerprint density at radius 2 is 1.81 bits per heavy atom. The predicted molar refractivity (Wildman–Crippen MR) is 106 cm³/mol. The first-order valence-electron chi connectivity index (χ1n) is 8.72. The molecule has 3 rings (SSSR count). The summed E-state index contributed by atoms with van der Waals surface area (Å²) in [6, 6.07) is 18.5. The second-order valence-electron chi connectivity index (χ2n) is 6.42. The number of fused-ring (bicyclic) bond motifs is 1. The van der Waals surface area contributed by atoms with E-state index in [1.165, 1.54) is 7.11 Å². The van der Waals surface area contributed by atoms with Crippen molar-refractivity contribution in [1.82, 2.24) is 4.72 Å². The van der Waals surface area contributed by atoms with Crippen LogP contribution in [-0.4, -0.2) is 27.2 Å². The van der Waals surface area contributed by atoms with Crippen molar-refractivity contribution in [3.63, 3.8) is 0 Å². The summed E-state index contributed by atoms with van der Waals surface area (Å²) in [6.07, 6.45) is -0.500. The van der Waals surface area contributed by atoms with E-state index in [1.54, 1.807) is 18.2 Å². The first-order valence-corrected chi connectivity index (χ1v) is 10.2. The smallest absolute Gasteiger partial charge is 0.244 e. The Labute approximate surface area is 159 Å². The van der Waals surface area contributed by atoms with Crippen molar-refractivity contribution in [2.75, 3.05) is 13.7 Å². The van der Waals surface area contributed by atoms with Gasteiger partial charge in [0.25, 0.3) is 0 Å². The third kappa shape index (κ3) is 4.30. The number of aryl methyl sites for hydroxylation is 1. The van der Waals surface area contributed by atoms with Crippen LogP contribution in [0.2, 0.25) is 0 Å². The molecule has 3 aromatic carbocycles. The lowest BCUT2D eigenvalue weighted by Gasteiger charge is -2.15. The maximum Gasteiger partial charge on any atom is 0.244 e. The molecule has 0 aromatic heterocycles. The van der Waals surface area contributed by atoms with Crippen LogP contribution in [0.25, 0.3) is 10.8 Å². The molecular formula is C21H23NO4S. The van der Waals surface area contributed by atoms with Crippen molar-refractivity contribution in [3.05, 3.63) is 71.8 Å². The number of ether oxygens (including phenoxy) is 1. The van der Waals surface area contributed by atoms with Crippen molar-refractivity contribution in [2.24, 2.45) is 0 Å². The monoisotopic (exact) mass is 385 g/mol. The number of rotatable bonds is 7. The molecular weight excluding hydrogens is 362 g/mol. The van der Waals surface area contributed by atoms with Crippen molar-refractivity contribution in [2.45, 2.75) is 24.3 Å². The number of aliphatic hydroxyl groups excluding tert-OH is 1. The molecule has 0 amide bonds. The van der Waals surface area contributed by atoms with Crippen molar-refractivity contribution in [3.8, 4) is 5.75 Å². The number of sulfonamides is 1. The van der Waals surface area contributed by atoms with Gasteiger partial charge in [0.15, 0.2) is 0 Å².